The lowest BCUT2D eigenvalue weighted by atomic mass is 9.94. The number of hydrogen-bond acceptors (Lipinski definition) is 3. The first-order valence-electron chi connectivity index (χ1n) is 8.30. The van der Waals surface area contributed by atoms with Gasteiger partial charge in [0.05, 0.1) is 0 Å². The number of carbonyl (C=O) groups is 1. The minimum absolute atomic E-state index is 0.0273. The minimum atomic E-state index is -0.0273. The summed E-state index contributed by atoms with van der Waals surface area (Å²) in [5.41, 5.74) is 3.71. The number of H-pyrrole nitrogens is 1. The Labute approximate surface area is 140 Å². The summed E-state index contributed by atoms with van der Waals surface area (Å²) in [6.45, 7) is 1.68. The summed E-state index contributed by atoms with van der Waals surface area (Å²) in [6.07, 6.45) is 5.06. The van der Waals surface area contributed by atoms with Gasteiger partial charge in [-0.3, -0.25) is 9.89 Å². The fourth-order valence-electron chi connectivity index (χ4n) is 3.69. The Kier molecular flexibility index (Phi) is 4.12. The van der Waals surface area contributed by atoms with Crippen molar-refractivity contribution in [1.29, 1.82) is 0 Å². The molecule has 120 valence electrons. The van der Waals surface area contributed by atoms with Crippen molar-refractivity contribution in [1.82, 2.24) is 15.1 Å². The Hall–Kier alpha value is -1.75. The van der Waals surface area contributed by atoms with E-state index in [1.807, 2.05) is 6.07 Å². The van der Waals surface area contributed by atoms with Crippen LogP contribution in [0, 0.1) is 0 Å². The molecule has 0 aliphatic carbocycles. The molecular formula is C18H21N3OS. The van der Waals surface area contributed by atoms with E-state index in [1.165, 1.54) is 11.1 Å². The molecule has 0 saturated carbocycles. The van der Waals surface area contributed by atoms with E-state index in [0.717, 1.165) is 43.8 Å². The van der Waals surface area contributed by atoms with Gasteiger partial charge in [0.15, 0.2) is 0 Å². The first-order valence-corrected chi connectivity index (χ1v) is 9.35. The number of piperidine rings is 1. The van der Waals surface area contributed by atoms with Crippen LogP contribution in [0.4, 0.5) is 0 Å². The highest BCUT2D eigenvalue weighted by Crippen LogP contribution is 2.39. The maximum Gasteiger partial charge on any atom is 0.240 e. The second-order valence-corrected chi connectivity index (χ2v) is 7.55. The highest BCUT2D eigenvalue weighted by atomic mass is 32.2. The number of amides is 1. The van der Waals surface area contributed by atoms with Crippen molar-refractivity contribution in [3.8, 4) is 0 Å². The van der Waals surface area contributed by atoms with Gasteiger partial charge in [0.1, 0.15) is 5.25 Å². The van der Waals surface area contributed by atoms with Gasteiger partial charge in [0.25, 0.3) is 0 Å². The van der Waals surface area contributed by atoms with Crippen molar-refractivity contribution in [2.24, 2.45) is 0 Å². The van der Waals surface area contributed by atoms with Gasteiger partial charge in [-0.2, -0.15) is 5.10 Å². The Morgan fingerprint density at radius 2 is 2.22 bits per heavy atom. The van der Waals surface area contributed by atoms with Gasteiger partial charge in [-0.15, -0.1) is 11.8 Å². The monoisotopic (exact) mass is 327 g/mol. The Morgan fingerprint density at radius 3 is 3.09 bits per heavy atom. The molecule has 2 aliphatic rings. The average Bonchev–Trinajstić information content (AvgIpc) is 3.15. The average molecular weight is 327 g/mol. The van der Waals surface area contributed by atoms with Crippen LogP contribution in [0.3, 0.4) is 0 Å². The third-order valence-electron chi connectivity index (χ3n) is 4.91. The molecule has 0 spiro atoms. The van der Waals surface area contributed by atoms with Crippen molar-refractivity contribution in [2.45, 2.75) is 30.4 Å². The summed E-state index contributed by atoms with van der Waals surface area (Å²) in [7, 11) is 0. The number of aryl methyl sites for hydroxylation is 1. The van der Waals surface area contributed by atoms with E-state index in [9.17, 15) is 4.79 Å². The number of rotatable bonds is 2. The molecule has 3 heterocycles. The van der Waals surface area contributed by atoms with Crippen LogP contribution in [0.2, 0.25) is 0 Å². The predicted octanol–water partition coefficient (Wildman–Crippen LogP) is 3.15. The summed E-state index contributed by atoms with van der Waals surface area (Å²) < 4.78 is 0. The molecule has 1 N–H and O–H groups in total. The molecule has 1 fully saturated rings. The Bertz CT molecular complexity index is 685. The molecule has 2 aliphatic heterocycles. The van der Waals surface area contributed by atoms with Gasteiger partial charge in [-0.1, -0.05) is 24.3 Å². The van der Waals surface area contributed by atoms with E-state index < -0.39 is 0 Å². The van der Waals surface area contributed by atoms with Gasteiger partial charge in [0, 0.05) is 30.9 Å². The number of benzene rings is 1. The second kappa shape index (κ2) is 6.40. The molecule has 23 heavy (non-hydrogen) atoms. The van der Waals surface area contributed by atoms with Crippen LogP contribution in [0.25, 0.3) is 0 Å². The maximum absolute atomic E-state index is 13.1. The first-order chi connectivity index (χ1) is 11.3. The fourth-order valence-corrected chi connectivity index (χ4v) is 4.96. The molecule has 0 radical (unpaired) electrons. The summed E-state index contributed by atoms with van der Waals surface area (Å²) in [4.78, 5) is 15.2. The Balaban J connectivity index is 1.53. The molecule has 4 rings (SSSR count). The quantitative estimate of drug-likeness (QED) is 0.922. The smallest absolute Gasteiger partial charge is 0.240 e. The normalized spacial score (nSPS) is 24.3. The summed E-state index contributed by atoms with van der Waals surface area (Å²) >= 11 is 1.79. The summed E-state index contributed by atoms with van der Waals surface area (Å²) in [5.74, 6) is 1.70. The molecule has 0 unspecified atom stereocenters. The zero-order chi connectivity index (χ0) is 15.6. The van der Waals surface area contributed by atoms with Gasteiger partial charge < -0.3 is 4.90 Å². The maximum atomic E-state index is 13.1. The fraction of sp³-hybridized carbons (Fsp3) is 0.444. The van der Waals surface area contributed by atoms with Crippen LogP contribution < -0.4 is 0 Å². The van der Waals surface area contributed by atoms with Crippen LogP contribution >= 0.6 is 11.8 Å². The van der Waals surface area contributed by atoms with Gasteiger partial charge in [-0.05, 0) is 42.2 Å². The molecule has 2 aromatic rings. The Morgan fingerprint density at radius 1 is 1.30 bits per heavy atom. The molecule has 0 bridgehead atoms. The van der Waals surface area contributed by atoms with E-state index in [2.05, 4.69) is 39.4 Å². The zero-order valence-corrected chi connectivity index (χ0v) is 13.9. The van der Waals surface area contributed by atoms with Gasteiger partial charge in [0.2, 0.25) is 5.91 Å². The van der Waals surface area contributed by atoms with E-state index in [4.69, 9.17) is 0 Å². The highest BCUT2D eigenvalue weighted by molar-refractivity contribution is 8.00. The van der Waals surface area contributed by atoms with Gasteiger partial charge in [-0.25, -0.2) is 0 Å². The van der Waals surface area contributed by atoms with E-state index in [-0.39, 0.29) is 11.2 Å². The molecular weight excluding hydrogens is 306 g/mol. The largest absolute Gasteiger partial charge is 0.341 e. The number of likely N-dealkylation sites (tertiary alicyclic amines) is 1. The SMILES string of the molecule is O=C([C@@H]1SCCc2ccccc21)N1CCC[C@@H](c2ccn[nH]2)C1. The number of nitrogens with one attached hydrogen (secondary N) is 1. The van der Waals surface area contributed by atoms with Crippen LogP contribution in [-0.2, 0) is 11.2 Å². The number of aromatic amines is 1. The standard InChI is InChI=1S/C18H21N3OS/c22-18(17-15-6-2-1-4-13(15)8-11-23-17)21-10-3-5-14(12-21)16-7-9-19-20-16/h1-2,4,6-7,9,14,17H,3,5,8,10-12H2,(H,19,20)/t14-,17-/m1/s1. The lowest BCUT2D eigenvalue weighted by Crippen LogP contribution is -2.41. The zero-order valence-electron chi connectivity index (χ0n) is 13.1. The van der Waals surface area contributed by atoms with E-state index in [1.54, 1.807) is 18.0 Å². The topological polar surface area (TPSA) is 49.0 Å². The van der Waals surface area contributed by atoms with Gasteiger partial charge >= 0.3 is 0 Å². The molecule has 5 heteroatoms. The lowest BCUT2D eigenvalue weighted by molar-refractivity contribution is -0.132. The lowest BCUT2D eigenvalue weighted by Gasteiger charge is -2.36. The van der Waals surface area contributed by atoms with Crippen LogP contribution in [0.1, 0.15) is 40.8 Å². The number of hydrogen-bond donors (Lipinski definition) is 1. The molecule has 1 aromatic heterocycles. The predicted molar refractivity (Wildman–Crippen MR) is 92.5 cm³/mol. The molecule has 1 amide bonds. The van der Waals surface area contributed by atoms with E-state index >= 15 is 0 Å². The third-order valence-corrected chi connectivity index (χ3v) is 6.14. The molecule has 4 nitrogen and oxygen atoms in total. The summed E-state index contributed by atoms with van der Waals surface area (Å²) in [6, 6.07) is 10.4. The third kappa shape index (κ3) is 2.90. The second-order valence-electron chi connectivity index (χ2n) is 6.34. The number of carbonyl (C=O) groups excluding carboxylic acids is 1. The molecule has 2 atom stereocenters. The minimum Gasteiger partial charge on any atom is -0.341 e. The van der Waals surface area contributed by atoms with Crippen LogP contribution in [-0.4, -0.2) is 39.8 Å². The molecule has 1 saturated heterocycles. The van der Waals surface area contributed by atoms with Crippen molar-refractivity contribution >= 4 is 17.7 Å². The highest BCUT2D eigenvalue weighted by Gasteiger charge is 2.33. The van der Waals surface area contributed by atoms with E-state index in [0.29, 0.717) is 5.92 Å². The van der Waals surface area contributed by atoms with Crippen molar-refractivity contribution in [3.63, 3.8) is 0 Å². The summed E-state index contributed by atoms with van der Waals surface area (Å²) in [5, 5.41) is 7.10. The number of fused-ring (bicyclic) bond motifs is 1. The van der Waals surface area contributed by atoms with Crippen molar-refractivity contribution in [2.75, 3.05) is 18.8 Å². The number of aromatic nitrogens is 2. The first kappa shape index (κ1) is 14.8. The molecule has 1 aromatic carbocycles. The van der Waals surface area contributed by atoms with Crippen molar-refractivity contribution < 1.29 is 4.79 Å². The number of thioether (sulfide) groups is 1. The van der Waals surface area contributed by atoms with Crippen molar-refractivity contribution in [3.05, 3.63) is 53.3 Å². The number of nitrogens with zero attached hydrogens (tertiary/aromatic N) is 2. The van der Waals surface area contributed by atoms with Crippen LogP contribution in [0.5, 0.6) is 0 Å². The van der Waals surface area contributed by atoms with Crippen LogP contribution in [0.15, 0.2) is 36.5 Å².